The van der Waals surface area contributed by atoms with Crippen molar-refractivity contribution in [3.05, 3.63) is 29.7 Å². The van der Waals surface area contributed by atoms with Gasteiger partial charge in [-0.15, -0.1) is 0 Å². The molecule has 0 aliphatic carbocycles. The van der Waals surface area contributed by atoms with Gasteiger partial charge in [0.15, 0.2) is 11.5 Å². The highest BCUT2D eigenvalue weighted by Gasteiger charge is 2.06. The molecule has 0 aliphatic rings. The molecule has 1 N–H and O–H groups in total. The van der Waals surface area contributed by atoms with E-state index < -0.39 is 5.97 Å². The molecule has 0 saturated heterocycles. The Morgan fingerprint density at radius 3 is 3.00 bits per heavy atom. The molecule has 2 rings (SSSR count). The maximum Gasteiger partial charge on any atom is 0.337 e. The highest BCUT2D eigenvalue weighted by Crippen LogP contribution is 2.06. The molecule has 0 amide bonds. The van der Waals surface area contributed by atoms with Crippen LogP contribution in [0.4, 0.5) is 0 Å². The number of hydrogen-bond donors (Lipinski definition) is 1. The Kier molecular flexibility index (Phi) is 2.37. The second-order valence-electron chi connectivity index (χ2n) is 3.30. The van der Waals surface area contributed by atoms with E-state index in [9.17, 15) is 4.79 Å². The quantitative estimate of drug-likeness (QED) is 0.821. The van der Waals surface area contributed by atoms with Crippen molar-refractivity contribution in [1.29, 1.82) is 0 Å². The zero-order valence-electron chi connectivity index (χ0n) is 8.34. The van der Waals surface area contributed by atoms with Gasteiger partial charge in [-0.3, -0.25) is 0 Å². The van der Waals surface area contributed by atoms with Crippen LogP contribution in [0.2, 0.25) is 0 Å². The molecule has 78 valence electrons. The van der Waals surface area contributed by atoms with Crippen molar-refractivity contribution in [2.75, 3.05) is 0 Å². The van der Waals surface area contributed by atoms with E-state index in [-0.39, 0.29) is 5.56 Å². The van der Waals surface area contributed by atoms with Crippen LogP contribution in [-0.4, -0.2) is 25.7 Å². The van der Waals surface area contributed by atoms with Gasteiger partial charge in [0.1, 0.15) is 0 Å². The van der Waals surface area contributed by atoms with E-state index in [1.807, 2.05) is 6.92 Å². The zero-order valence-corrected chi connectivity index (χ0v) is 8.34. The van der Waals surface area contributed by atoms with Crippen LogP contribution in [0.1, 0.15) is 29.5 Å². The van der Waals surface area contributed by atoms with Gasteiger partial charge in [-0.25, -0.2) is 14.3 Å². The van der Waals surface area contributed by atoms with Crippen molar-refractivity contribution >= 4 is 11.6 Å². The topological polar surface area (TPSA) is 67.5 Å². The summed E-state index contributed by atoms with van der Waals surface area (Å²) >= 11 is 0. The van der Waals surface area contributed by atoms with E-state index in [1.54, 1.807) is 6.07 Å². The van der Waals surface area contributed by atoms with Crippen molar-refractivity contribution in [3.63, 3.8) is 0 Å². The summed E-state index contributed by atoms with van der Waals surface area (Å²) in [6.45, 7) is 2.05. The minimum absolute atomic E-state index is 0.218. The second-order valence-corrected chi connectivity index (χ2v) is 3.30. The van der Waals surface area contributed by atoms with Crippen LogP contribution in [0.15, 0.2) is 18.3 Å². The molecule has 2 aromatic rings. The SMILES string of the molecule is CCCc1nc2ccc(C(=O)O)cn2n1. The maximum absolute atomic E-state index is 10.7. The monoisotopic (exact) mass is 205 g/mol. The van der Waals surface area contributed by atoms with Crippen LogP contribution >= 0.6 is 0 Å². The van der Waals surface area contributed by atoms with Gasteiger partial charge in [0.25, 0.3) is 0 Å². The van der Waals surface area contributed by atoms with Crippen molar-refractivity contribution in [3.8, 4) is 0 Å². The van der Waals surface area contributed by atoms with Crippen LogP contribution in [0, 0.1) is 0 Å². The molecule has 0 spiro atoms. The Labute approximate surface area is 86.4 Å². The summed E-state index contributed by atoms with van der Waals surface area (Å²) in [5, 5.41) is 13.0. The summed E-state index contributed by atoms with van der Waals surface area (Å²) in [7, 11) is 0. The van der Waals surface area contributed by atoms with E-state index in [0.717, 1.165) is 18.7 Å². The summed E-state index contributed by atoms with van der Waals surface area (Å²) in [5.74, 6) is -0.204. The van der Waals surface area contributed by atoms with Gasteiger partial charge in [0.05, 0.1) is 5.56 Å². The number of aromatic carboxylic acids is 1. The second kappa shape index (κ2) is 3.68. The van der Waals surface area contributed by atoms with E-state index in [0.29, 0.717) is 5.65 Å². The first-order valence-electron chi connectivity index (χ1n) is 4.79. The normalized spacial score (nSPS) is 10.7. The number of fused-ring (bicyclic) bond motifs is 1. The van der Waals surface area contributed by atoms with Gasteiger partial charge >= 0.3 is 5.97 Å². The molecule has 15 heavy (non-hydrogen) atoms. The molecule has 5 heteroatoms. The molecule has 0 saturated carbocycles. The van der Waals surface area contributed by atoms with E-state index in [1.165, 1.54) is 16.8 Å². The van der Waals surface area contributed by atoms with Crippen LogP contribution in [0.5, 0.6) is 0 Å². The summed E-state index contributed by atoms with van der Waals surface area (Å²) in [4.78, 5) is 15.0. The van der Waals surface area contributed by atoms with Crippen molar-refractivity contribution in [2.24, 2.45) is 0 Å². The number of nitrogens with zero attached hydrogens (tertiary/aromatic N) is 3. The molecule has 2 aromatic heterocycles. The summed E-state index contributed by atoms with van der Waals surface area (Å²) in [5.41, 5.74) is 0.902. The first-order chi connectivity index (χ1) is 7.20. The van der Waals surface area contributed by atoms with Crippen LogP contribution in [0.25, 0.3) is 5.65 Å². The van der Waals surface area contributed by atoms with Crippen LogP contribution < -0.4 is 0 Å². The Morgan fingerprint density at radius 1 is 1.53 bits per heavy atom. The lowest BCUT2D eigenvalue weighted by molar-refractivity contribution is 0.0696. The van der Waals surface area contributed by atoms with Crippen molar-refractivity contribution < 1.29 is 9.90 Å². The van der Waals surface area contributed by atoms with Crippen LogP contribution in [0.3, 0.4) is 0 Å². The molecular weight excluding hydrogens is 194 g/mol. The van der Waals surface area contributed by atoms with Crippen molar-refractivity contribution in [2.45, 2.75) is 19.8 Å². The Bertz CT molecular complexity index is 504. The highest BCUT2D eigenvalue weighted by molar-refractivity contribution is 5.87. The fraction of sp³-hybridized carbons (Fsp3) is 0.300. The van der Waals surface area contributed by atoms with Crippen LogP contribution in [-0.2, 0) is 6.42 Å². The van der Waals surface area contributed by atoms with Gasteiger partial charge in [-0.05, 0) is 18.6 Å². The van der Waals surface area contributed by atoms with Crippen molar-refractivity contribution in [1.82, 2.24) is 14.6 Å². The molecule has 0 unspecified atom stereocenters. The predicted octanol–water partition coefficient (Wildman–Crippen LogP) is 1.38. The molecule has 0 aliphatic heterocycles. The zero-order chi connectivity index (χ0) is 10.8. The third-order valence-electron chi connectivity index (χ3n) is 2.10. The molecule has 0 atom stereocenters. The van der Waals surface area contributed by atoms with Gasteiger partial charge in [-0.1, -0.05) is 6.92 Å². The Balaban J connectivity index is 2.47. The standard InChI is InChI=1S/C10H11N3O2/c1-2-3-8-11-9-5-4-7(10(14)15)6-13(9)12-8/h4-6H,2-3H2,1H3,(H,14,15). The highest BCUT2D eigenvalue weighted by atomic mass is 16.4. The number of carboxylic acid groups (broad SMARTS) is 1. The van der Waals surface area contributed by atoms with Gasteiger partial charge in [0.2, 0.25) is 0 Å². The third-order valence-corrected chi connectivity index (χ3v) is 2.10. The molecular formula is C10H11N3O2. The lowest BCUT2D eigenvalue weighted by atomic mass is 10.3. The average Bonchev–Trinajstić information content (AvgIpc) is 2.59. The third kappa shape index (κ3) is 1.81. The molecule has 2 heterocycles. The summed E-state index contributed by atoms with van der Waals surface area (Å²) in [6, 6.07) is 3.19. The van der Waals surface area contributed by atoms with Gasteiger partial charge in [-0.2, -0.15) is 5.10 Å². The Morgan fingerprint density at radius 2 is 2.33 bits per heavy atom. The smallest absolute Gasteiger partial charge is 0.337 e. The number of rotatable bonds is 3. The molecule has 0 radical (unpaired) electrons. The average molecular weight is 205 g/mol. The largest absolute Gasteiger partial charge is 0.478 e. The fourth-order valence-electron chi connectivity index (χ4n) is 1.39. The van der Waals surface area contributed by atoms with E-state index in [4.69, 9.17) is 5.11 Å². The number of pyridine rings is 1. The first-order valence-corrected chi connectivity index (χ1v) is 4.79. The number of aryl methyl sites for hydroxylation is 1. The number of carboxylic acids is 1. The lowest BCUT2D eigenvalue weighted by Gasteiger charge is -1.93. The van der Waals surface area contributed by atoms with Gasteiger partial charge < -0.3 is 5.11 Å². The number of aromatic nitrogens is 3. The number of carbonyl (C=O) groups is 1. The first kappa shape index (κ1) is 9.64. The maximum atomic E-state index is 10.7. The minimum atomic E-state index is -0.954. The fourth-order valence-corrected chi connectivity index (χ4v) is 1.39. The molecule has 0 fully saturated rings. The van der Waals surface area contributed by atoms with E-state index in [2.05, 4.69) is 10.1 Å². The lowest BCUT2D eigenvalue weighted by Crippen LogP contribution is -1.99. The summed E-state index contributed by atoms with van der Waals surface area (Å²) < 4.78 is 1.51. The molecule has 5 nitrogen and oxygen atoms in total. The minimum Gasteiger partial charge on any atom is -0.478 e. The Hall–Kier alpha value is -1.91. The molecule has 0 aromatic carbocycles. The van der Waals surface area contributed by atoms with Gasteiger partial charge in [0, 0.05) is 12.6 Å². The predicted molar refractivity (Wildman–Crippen MR) is 53.9 cm³/mol. The molecule has 0 bridgehead atoms. The summed E-state index contributed by atoms with van der Waals surface area (Å²) in [6.07, 6.45) is 3.26. The van der Waals surface area contributed by atoms with E-state index >= 15 is 0 Å². The number of hydrogen-bond acceptors (Lipinski definition) is 3.